The van der Waals surface area contributed by atoms with Gasteiger partial charge in [0.05, 0.1) is 0 Å². The van der Waals surface area contributed by atoms with Crippen LogP contribution in [0.25, 0.3) is 0 Å². The average Bonchev–Trinajstić information content (AvgIpc) is 2.38. The maximum atomic E-state index is 11.2. The van der Waals surface area contributed by atoms with Crippen molar-refractivity contribution in [1.82, 2.24) is 10.6 Å². The van der Waals surface area contributed by atoms with Gasteiger partial charge in [-0.15, -0.1) is 0 Å². The maximum absolute atomic E-state index is 11.2. The molecule has 0 fully saturated rings. The van der Waals surface area contributed by atoms with Gasteiger partial charge in [-0.2, -0.15) is 0 Å². The molecule has 0 aromatic heterocycles. The van der Waals surface area contributed by atoms with Crippen LogP contribution in [-0.2, 0) is 4.79 Å². The molecule has 1 amide bonds. The Morgan fingerprint density at radius 2 is 2.00 bits per heavy atom. The summed E-state index contributed by atoms with van der Waals surface area (Å²) < 4.78 is 0. The molecule has 0 bridgehead atoms. The molecule has 0 aliphatic heterocycles. The lowest BCUT2D eigenvalue weighted by molar-refractivity contribution is -0.120. The second kappa shape index (κ2) is 8.11. The fraction of sp³-hybridized carbons (Fsp3) is 0.500. The molecule has 1 aromatic carbocycles. The summed E-state index contributed by atoms with van der Waals surface area (Å²) in [7, 11) is 1.66. The Morgan fingerprint density at radius 1 is 1.33 bits per heavy atom. The van der Waals surface area contributed by atoms with E-state index in [-0.39, 0.29) is 11.9 Å². The van der Waals surface area contributed by atoms with E-state index in [9.17, 15) is 4.79 Å². The van der Waals surface area contributed by atoms with Crippen molar-refractivity contribution >= 4 is 17.5 Å². The third kappa shape index (κ3) is 5.07. The molecule has 4 heteroatoms. The molecule has 0 heterocycles. The average molecular weight is 269 g/mol. The van der Waals surface area contributed by atoms with E-state index in [0.717, 1.165) is 17.9 Å². The lowest BCUT2D eigenvalue weighted by atomic mass is 10.0. The topological polar surface area (TPSA) is 41.1 Å². The minimum Gasteiger partial charge on any atom is -0.359 e. The van der Waals surface area contributed by atoms with Crippen molar-refractivity contribution in [3.8, 4) is 0 Å². The highest BCUT2D eigenvalue weighted by molar-refractivity contribution is 6.30. The van der Waals surface area contributed by atoms with Crippen molar-refractivity contribution in [2.24, 2.45) is 0 Å². The van der Waals surface area contributed by atoms with Gasteiger partial charge in [0.2, 0.25) is 5.91 Å². The molecule has 3 nitrogen and oxygen atoms in total. The number of hydrogen-bond donors (Lipinski definition) is 2. The highest BCUT2D eigenvalue weighted by Gasteiger charge is 2.10. The van der Waals surface area contributed by atoms with Crippen LogP contribution in [0.1, 0.15) is 37.8 Å². The highest BCUT2D eigenvalue weighted by Crippen LogP contribution is 2.20. The first kappa shape index (κ1) is 15.0. The number of carbonyl (C=O) groups is 1. The Labute approximate surface area is 114 Å². The molecule has 0 aliphatic rings. The molecule has 0 saturated heterocycles. The Hall–Kier alpha value is -1.06. The normalized spacial score (nSPS) is 12.2. The van der Waals surface area contributed by atoms with Crippen molar-refractivity contribution in [3.05, 3.63) is 34.9 Å². The Bertz CT molecular complexity index is 365. The summed E-state index contributed by atoms with van der Waals surface area (Å²) in [5, 5.41) is 6.79. The smallest absolute Gasteiger partial charge is 0.221 e. The van der Waals surface area contributed by atoms with E-state index in [2.05, 4.69) is 17.6 Å². The third-order valence-corrected chi connectivity index (χ3v) is 3.12. The largest absolute Gasteiger partial charge is 0.359 e. The first-order chi connectivity index (χ1) is 8.67. The predicted molar refractivity (Wildman–Crippen MR) is 75.8 cm³/mol. The van der Waals surface area contributed by atoms with Crippen LogP contribution in [0.3, 0.4) is 0 Å². The van der Waals surface area contributed by atoms with Gasteiger partial charge in [0.15, 0.2) is 0 Å². The third-order valence-electron chi connectivity index (χ3n) is 2.87. The van der Waals surface area contributed by atoms with E-state index in [1.807, 2.05) is 24.3 Å². The first-order valence-corrected chi connectivity index (χ1v) is 6.74. The van der Waals surface area contributed by atoms with Gasteiger partial charge in [0, 0.05) is 31.1 Å². The van der Waals surface area contributed by atoms with Crippen LogP contribution in [-0.4, -0.2) is 19.5 Å². The molecular formula is C14H21ClN2O. The molecule has 0 spiro atoms. The van der Waals surface area contributed by atoms with E-state index < -0.39 is 0 Å². The number of nitrogens with one attached hydrogen (secondary N) is 2. The van der Waals surface area contributed by atoms with Crippen LogP contribution in [0.4, 0.5) is 0 Å². The molecule has 1 unspecified atom stereocenters. The van der Waals surface area contributed by atoms with Gasteiger partial charge < -0.3 is 10.6 Å². The zero-order valence-electron chi connectivity index (χ0n) is 11.0. The van der Waals surface area contributed by atoms with Crippen molar-refractivity contribution in [2.45, 2.75) is 32.2 Å². The van der Waals surface area contributed by atoms with E-state index in [1.165, 1.54) is 5.56 Å². The lowest BCUT2D eigenvalue weighted by Gasteiger charge is -2.18. The zero-order valence-corrected chi connectivity index (χ0v) is 11.8. The Morgan fingerprint density at radius 3 is 2.56 bits per heavy atom. The first-order valence-electron chi connectivity index (χ1n) is 6.36. The number of halogens is 1. The summed E-state index contributed by atoms with van der Waals surface area (Å²) in [6.07, 6.45) is 2.65. The lowest BCUT2D eigenvalue weighted by Crippen LogP contribution is -2.27. The molecule has 1 rings (SSSR count). The number of carbonyl (C=O) groups excluding carboxylic acids is 1. The molecule has 0 radical (unpaired) electrons. The molecule has 0 aliphatic carbocycles. The van der Waals surface area contributed by atoms with Crippen LogP contribution in [0.2, 0.25) is 5.02 Å². The van der Waals surface area contributed by atoms with Crippen molar-refractivity contribution in [3.63, 3.8) is 0 Å². The van der Waals surface area contributed by atoms with Gasteiger partial charge in [0.25, 0.3) is 0 Å². The van der Waals surface area contributed by atoms with Gasteiger partial charge >= 0.3 is 0 Å². The monoisotopic (exact) mass is 268 g/mol. The van der Waals surface area contributed by atoms with E-state index >= 15 is 0 Å². The van der Waals surface area contributed by atoms with Crippen LogP contribution in [0.15, 0.2) is 24.3 Å². The van der Waals surface area contributed by atoms with Crippen LogP contribution in [0, 0.1) is 0 Å². The highest BCUT2D eigenvalue weighted by atomic mass is 35.5. The van der Waals surface area contributed by atoms with Crippen molar-refractivity contribution in [2.75, 3.05) is 13.6 Å². The second-order valence-corrected chi connectivity index (χ2v) is 4.71. The fourth-order valence-electron chi connectivity index (χ4n) is 1.86. The minimum atomic E-state index is 0.0638. The zero-order chi connectivity index (χ0) is 13.4. The van der Waals surface area contributed by atoms with E-state index in [1.54, 1.807) is 7.05 Å². The quantitative estimate of drug-likeness (QED) is 0.798. The molecular weight excluding hydrogens is 248 g/mol. The van der Waals surface area contributed by atoms with Crippen molar-refractivity contribution < 1.29 is 4.79 Å². The summed E-state index contributed by atoms with van der Waals surface area (Å²) >= 11 is 5.88. The standard InChI is InChI=1S/C14H21ClN2O/c1-3-4-13(17-10-9-14(18)16-2)11-5-7-12(15)8-6-11/h5-8,13,17H,3-4,9-10H2,1-2H3,(H,16,18). The van der Waals surface area contributed by atoms with Crippen molar-refractivity contribution in [1.29, 1.82) is 0 Å². The van der Waals surface area contributed by atoms with Gasteiger partial charge in [-0.25, -0.2) is 0 Å². The number of hydrogen-bond acceptors (Lipinski definition) is 2. The molecule has 1 atom stereocenters. The van der Waals surface area contributed by atoms with E-state index in [0.29, 0.717) is 13.0 Å². The number of benzene rings is 1. The Kier molecular flexibility index (Phi) is 6.76. The molecule has 100 valence electrons. The van der Waals surface area contributed by atoms with Gasteiger partial charge in [-0.05, 0) is 24.1 Å². The van der Waals surface area contributed by atoms with Gasteiger partial charge in [0.1, 0.15) is 0 Å². The van der Waals surface area contributed by atoms with Gasteiger partial charge in [-0.3, -0.25) is 4.79 Å². The van der Waals surface area contributed by atoms with Crippen LogP contribution < -0.4 is 10.6 Å². The summed E-state index contributed by atoms with van der Waals surface area (Å²) in [4.78, 5) is 11.2. The van der Waals surface area contributed by atoms with Crippen LogP contribution >= 0.6 is 11.6 Å². The SMILES string of the molecule is CCCC(NCCC(=O)NC)c1ccc(Cl)cc1. The second-order valence-electron chi connectivity index (χ2n) is 4.27. The Balaban J connectivity index is 2.54. The summed E-state index contributed by atoms with van der Waals surface area (Å²) in [5.41, 5.74) is 1.22. The van der Waals surface area contributed by atoms with E-state index in [4.69, 9.17) is 11.6 Å². The minimum absolute atomic E-state index is 0.0638. The number of rotatable bonds is 7. The summed E-state index contributed by atoms with van der Waals surface area (Å²) in [6.45, 7) is 2.84. The molecule has 2 N–H and O–H groups in total. The maximum Gasteiger partial charge on any atom is 0.221 e. The molecule has 1 aromatic rings. The fourth-order valence-corrected chi connectivity index (χ4v) is 1.98. The predicted octanol–water partition coefficient (Wildman–Crippen LogP) is 2.91. The molecule has 0 saturated carbocycles. The molecule has 18 heavy (non-hydrogen) atoms. The van der Waals surface area contributed by atoms with Crippen LogP contribution in [0.5, 0.6) is 0 Å². The van der Waals surface area contributed by atoms with Gasteiger partial charge in [-0.1, -0.05) is 37.1 Å². The summed E-state index contributed by atoms with van der Waals surface area (Å²) in [5.74, 6) is 0.0638. The summed E-state index contributed by atoms with van der Waals surface area (Å²) in [6, 6.07) is 8.17. The number of amides is 1.